The summed E-state index contributed by atoms with van der Waals surface area (Å²) in [5, 5.41) is 0. The fourth-order valence-corrected chi connectivity index (χ4v) is 1.83. The summed E-state index contributed by atoms with van der Waals surface area (Å²) in [4.78, 5) is 0. The maximum Gasteiger partial charge on any atom is 0.0842 e. The van der Waals surface area contributed by atoms with Crippen LogP contribution in [-0.4, -0.2) is 21.2 Å². The van der Waals surface area contributed by atoms with Gasteiger partial charge in [0.25, 0.3) is 0 Å². The molecule has 0 bridgehead atoms. The lowest BCUT2D eigenvalue weighted by molar-refractivity contribution is 0.290. The van der Waals surface area contributed by atoms with Crippen molar-refractivity contribution in [2.24, 2.45) is 0 Å². The van der Waals surface area contributed by atoms with Gasteiger partial charge in [0.1, 0.15) is 0 Å². The van der Waals surface area contributed by atoms with Gasteiger partial charge in [-0.25, -0.2) is 4.21 Å². The van der Waals surface area contributed by atoms with E-state index in [4.69, 9.17) is 11.6 Å². The molecule has 0 heterocycles. The highest BCUT2D eigenvalue weighted by Crippen LogP contribution is 2.08. The molecule has 0 aliphatic rings. The highest BCUT2D eigenvalue weighted by Gasteiger charge is 1.92. The van der Waals surface area contributed by atoms with Gasteiger partial charge in [-0.05, 0) is 12.8 Å². The van der Waals surface area contributed by atoms with Crippen molar-refractivity contribution in [3.63, 3.8) is 0 Å². The van der Waals surface area contributed by atoms with Gasteiger partial charge in [0, 0.05) is 5.88 Å². The van der Waals surface area contributed by atoms with E-state index in [2.05, 4.69) is 4.18 Å². The Hall–Kier alpha value is 0.360. The molecule has 5 heteroatoms. The lowest BCUT2D eigenvalue weighted by atomic mass is 10.1. The van der Waals surface area contributed by atoms with Gasteiger partial charge in [-0.1, -0.05) is 38.5 Å². The van der Waals surface area contributed by atoms with Gasteiger partial charge in [0.2, 0.25) is 0 Å². The second-order valence-electron chi connectivity index (χ2n) is 3.54. The van der Waals surface area contributed by atoms with Crippen molar-refractivity contribution in [3.05, 3.63) is 0 Å². The zero-order valence-electron chi connectivity index (χ0n) is 9.08. The van der Waals surface area contributed by atoms with Crippen LogP contribution in [0.25, 0.3) is 0 Å². The van der Waals surface area contributed by atoms with Gasteiger partial charge in [-0.3, -0.25) is 0 Å². The minimum atomic E-state index is -2.34. The minimum Gasteiger partial charge on any atom is -0.750 e. The van der Waals surface area contributed by atoms with E-state index in [1.807, 2.05) is 0 Å². The van der Waals surface area contributed by atoms with Crippen LogP contribution in [-0.2, 0) is 15.5 Å². The van der Waals surface area contributed by atoms with Gasteiger partial charge >= 0.3 is 0 Å². The first-order chi connectivity index (χ1) is 7.27. The molecule has 0 N–H and O–H groups in total. The first-order valence-electron chi connectivity index (χ1n) is 5.56. The fourth-order valence-electron chi connectivity index (χ4n) is 1.38. The van der Waals surface area contributed by atoms with Crippen LogP contribution >= 0.6 is 11.6 Å². The molecule has 0 aromatic rings. The van der Waals surface area contributed by atoms with Crippen LogP contribution in [0.4, 0.5) is 0 Å². The molecule has 3 nitrogen and oxygen atoms in total. The number of hydrogen-bond donors (Lipinski definition) is 0. The Morgan fingerprint density at radius 2 is 1.40 bits per heavy atom. The molecular formula is C10H20ClO3S-. The van der Waals surface area contributed by atoms with Gasteiger partial charge in [-0.2, -0.15) is 0 Å². The van der Waals surface area contributed by atoms with Gasteiger partial charge in [0.05, 0.1) is 18.0 Å². The average Bonchev–Trinajstić information content (AvgIpc) is 2.20. The zero-order chi connectivity index (χ0) is 11.4. The van der Waals surface area contributed by atoms with Crippen molar-refractivity contribution in [1.82, 2.24) is 0 Å². The maximum atomic E-state index is 10.0. The quantitative estimate of drug-likeness (QED) is 0.324. The molecule has 0 saturated carbocycles. The Morgan fingerprint density at radius 3 is 1.87 bits per heavy atom. The van der Waals surface area contributed by atoms with Crippen LogP contribution in [0.5, 0.6) is 0 Å². The van der Waals surface area contributed by atoms with E-state index in [1.165, 1.54) is 25.7 Å². The number of unbranched alkanes of at least 4 members (excludes halogenated alkanes) is 7. The molecule has 1 unspecified atom stereocenters. The van der Waals surface area contributed by atoms with Gasteiger partial charge in [-0.15, -0.1) is 11.6 Å². The molecule has 0 rings (SSSR count). The Kier molecular flexibility index (Phi) is 12.7. The summed E-state index contributed by atoms with van der Waals surface area (Å²) in [6, 6.07) is 0. The first kappa shape index (κ1) is 15.4. The third kappa shape index (κ3) is 14.4. The van der Waals surface area contributed by atoms with E-state index in [0.29, 0.717) is 6.61 Å². The van der Waals surface area contributed by atoms with E-state index in [1.54, 1.807) is 0 Å². The summed E-state index contributed by atoms with van der Waals surface area (Å²) in [6.07, 6.45) is 9.12. The highest BCUT2D eigenvalue weighted by atomic mass is 35.5. The number of rotatable bonds is 11. The second-order valence-corrected chi connectivity index (χ2v) is 4.57. The number of alkyl halides is 1. The van der Waals surface area contributed by atoms with Crippen molar-refractivity contribution in [2.45, 2.75) is 51.4 Å². The second kappa shape index (κ2) is 12.4. The van der Waals surface area contributed by atoms with Gasteiger partial charge in [0.15, 0.2) is 0 Å². The minimum absolute atomic E-state index is 0.322. The molecule has 0 saturated heterocycles. The predicted molar refractivity (Wildman–Crippen MR) is 62.5 cm³/mol. The van der Waals surface area contributed by atoms with E-state index in [-0.39, 0.29) is 0 Å². The van der Waals surface area contributed by atoms with Crippen LogP contribution in [0, 0.1) is 0 Å². The van der Waals surface area contributed by atoms with E-state index in [0.717, 1.165) is 31.6 Å². The molecule has 0 aromatic heterocycles. The molecule has 0 aliphatic carbocycles. The SMILES string of the molecule is O=S([O-])OCCCCCCCCCCCl. The van der Waals surface area contributed by atoms with E-state index in [9.17, 15) is 8.76 Å². The van der Waals surface area contributed by atoms with Crippen molar-refractivity contribution in [3.8, 4) is 0 Å². The van der Waals surface area contributed by atoms with E-state index < -0.39 is 11.4 Å². The molecule has 0 radical (unpaired) electrons. The van der Waals surface area contributed by atoms with Crippen LogP contribution in [0.2, 0.25) is 0 Å². The zero-order valence-corrected chi connectivity index (χ0v) is 10.7. The molecule has 1 atom stereocenters. The van der Waals surface area contributed by atoms with Crippen LogP contribution < -0.4 is 0 Å². The Morgan fingerprint density at radius 1 is 0.933 bits per heavy atom. The summed E-state index contributed by atoms with van der Waals surface area (Å²) in [5.41, 5.74) is 0. The van der Waals surface area contributed by atoms with Crippen molar-refractivity contribution in [1.29, 1.82) is 0 Å². The Labute approximate surface area is 100 Å². The van der Waals surface area contributed by atoms with Crippen molar-refractivity contribution in [2.75, 3.05) is 12.5 Å². The molecule has 0 spiro atoms. The highest BCUT2D eigenvalue weighted by molar-refractivity contribution is 7.74. The summed E-state index contributed by atoms with van der Waals surface area (Å²) in [5.74, 6) is 0.768. The smallest absolute Gasteiger partial charge is 0.0842 e. The normalized spacial score (nSPS) is 12.9. The molecule has 0 aromatic carbocycles. The maximum absolute atomic E-state index is 10.0. The number of hydrogen-bond acceptors (Lipinski definition) is 3. The molecular weight excluding hydrogens is 236 g/mol. The fraction of sp³-hybridized carbons (Fsp3) is 1.00. The Bertz CT molecular complexity index is 156. The Balaban J connectivity index is 2.89. The van der Waals surface area contributed by atoms with Crippen molar-refractivity contribution >= 4 is 23.0 Å². The topological polar surface area (TPSA) is 49.4 Å². The summed E-state index contributed by atoms with van der Waals surface area (Å²) in [6.45, 7) is 0.322. The number of halogens is 1. The lowest BCUT2D eigenvalue weighted by Gasteiger charge is -2.05. The molecule has 15 heavy (non-hydrogen) atoms. The molecule has 92 valence electrons. The average molecular weight is 256 g/mol. The first-order valence-corrected chi connectivity index (χ1v) is 7.09. The molecule has 0 amide bonds. The largest absolute Gasteiger partial charge is 0.750 e. The third-order valence-electron chi connectivity index (χ3n) is 2.21. The van der Waals surface area contributed by atoms with Gasteiger partial charge < -0.3 is 8.74 Å². The predicted octanol–water partition coefficient (Wildman–Crippen LogP) is 3.16. The van der Waals surface area contributed by atoms with Crippen LogP contribution in [0.1, 0.15) is 51.4 Å². The van der Waals surface area contributed by atoms with Crippen LogP contribution in [0.3, 0.4) is 0 Å². The summed E-state index contributed by atoms with van der Waals surface area (Å²) >= 11 is 3.22. The lowest BCUT2D eigenvalue weighted by Crippen LogP contribution is -1.97. The van der Waals surface area contributed by atoms with Crippen LogP contribution in [0.15, 0.2) is 0 Å². The molecule has 0 fully saturated rings. The monoisotopic (exact) mass is 255 g/mol. The third-order valence-corrected chi connectivity index (χ3v) is 2.83. The standard InChI is InChI=1S/C10H21ClO3S/c11-9-7-5-3-1-2-4-6-8-10-14-15(12)13/h1-10H2,(H,12,13)/p-1. The van der Waals surface area contributed by atoms with Crippen molar-refractivity contribution < 1.29 is 12.9 Å². The summed E-state index contributed by atoms with van der Waals surface area (Å²) < 4.78 is 24.4. The summed E-state index contributed by atoms with van der Waals surface area (Å²) in [7, 11) is 0. The van der Waals surface area contributed by atoms with E-state index >= 15 is 0 Å². The molecule has 0 aliphatic heterocycles.